The average Bonchev–Trinajstić information content (AvgIpc) is 2.92. The van der Waals surface area contributed by atoms with E-state index < -0.39 is 5.82 Å². The molecule has 0 radical (unpaired) electrons. The maximum atomic E-state index is 15.2. The first kappa shape index (κ1) is 23.8. The topological polar surface area (TPSA) is 87.5 Å². The summed E-state index contributed by atoms with van der Waals surface area (Å²) in [5, 5.41) is 3.73. The number of fused-ring (bicyclic) bond motifs is 1. The van der Waals surface area contributed by atoms with E-state index in [1.54, 1.807) is 37.5 Å². The van der Waals surface area contributed by atoms with Gasteiger partial charge in [0.25, 0.3) is 5.56 Å². The fourth-order valence-corrected chi connectivity index (χ4v) is 3.97. The van der Waals surface area contributed by atoms with Crippen LogP contribution >= 0.6 is 0 Å². The van der Waals surface area contributed by atoms with E-state index in [9.17, 15) is 4.79 Å². The van der Waals surface area contributed by atoms with Crippen LogP contribution in [0.25, 0.3) is 22.0 Å². The Kier molecular flexibility index (Phi) is 6.42. The van der Waals surface area contributed by atoms with Crippen molar-refractivity contribution in [1.29, 1.82) is 0 Å². The summed E-state index contributed by atoms with van der Waals surface area (Å²) in [5.74, 6) is 1.11. The van der Waals surface area contributed by atoms with Crippen LogP contribution < -0.4 is 25.1 Å². The molecule has 0 saturated carbocycles. The van der Waals surface area contributed by atoms with Crippen LogP contribution in [0.5, 0.6) is 23.0 Å². The SMILES string of the molecule is COc1ccc2c(Oc3ccc(-c4cnc(Nc5ccccc5)n(C)c4=O)cc3F)ccnc2c1OC. The van der Waals surface area contributed by atoms with Crippen LogP contribution in [0.2, 0.25) is 0 Å². The molecule has 0 unspecified atom stereocenters. The molecule has 0 atom stereocenters. The summed E-state index contributed by atoms with van der Waals surface area (Å²) in [6.07, 6.45) is 2.98. The average molecular weight is 499 g/mol. The molecule has 0 saturated heterocycles. The molecule has 8 nitrogen and oxygen atoms in total. The van der Waals surface area contributed by atoms with Crippen molar-refractivity contribution in [3.63, 3.8) is 0 Å². The Hall–Kier alpha value is -4.92. The van der Waals surface area contributed by atoms with E-state index in [0.717, 1.165) is 5.69 Å². The molecule has 0 spiro atoms. The minimum absolute atomic E-state index is 0.00168. The van der Waals surface area contributed by atoms with Crippen molar-refractivity contribution in [2.45, 2.75) is 0 Å². The molecule has 5 rings (SSSR count). The van der Waals surface area contributed by atoms with Gasteiger partial charge in [0.2, 0.25) is 5.95 Å². The molecule has 0 fully saturated rings. The lowest BCUT2D eigenvalue weighted by atomic mass is 10.1. The molecule has 186 valence electrons. The molecule has 1 N–H and O–H groups in total. The summed E-state index contributed by atoms with van der Waals surface area (Å²) in [6, 6.07) is 18.9. The molecule has 3 aromatic carbocycles. The second kappa shape index (κ2) is 9.98. The van der Waals surface area contributed by atoms with E-state index in [-0.39, 0.29) is 16.9 Å². The van der Waals surface area contributed by atoms with Gasteiger partial charge in [-0.15, -0.1) is 0 Å². The number of nitrogens with zero attached hydrogens (tertiary/aromatic N) is 3. The Morgan fingerprint density at radius 2 is 1.68 bits per heavy atom. The highest BCUT2D eigenvalue weighted by Crippen LogP contribution is 2.39. The second-order valence-electron chi connectivity index (χ2n) is 8.10. The van der Waals surface area contributed by atoms with Gasteiger partial charge in [0, 0.05) is 30.5 Å². The summed E-state index contributed by atoms with van der Waals surface area (Å²) in [5.41, 5.74) is 1.65. The van der Waals surface area contributed by atoms with Gasteiger partial charge in [-0.2, -0.15) is 0 Å². The lowest BCUT2D eigenvalue weighted by Gasteiger charge is -2.14. The van der Waals surface area contributed by atoms with Crippen LogP contribution in [0.15, 0.2) is 83.9 Å². The first-order valence-electron chi connectivity index (χ1n) is 11.4. The first-order valence-corrected chi connectivity index (χ1v) is 11.4. The number of para-hydroxylation sites is 1. The fraction of sp³-hybridized carbons (Fsp3) is 0.107. The van der Waals surface area contributed by atoms with Gasteiger partial charge >= 0.3 is 0 Å². The molecule has 37 heavy (non-hydrogen) atoms. The Balaban J connectivity index is 1.45. The zero-order valence-electron chi connectivity index (χ0n) is 20.4. The van der Waals surface area contributed by atoms with Crippen LogP contribution in [0.3, 0.4) is 0 Å². The van der Waals surface area contributed by atoms with Crippen LogP contribution in [0.1, 0.15) is 0 Å². The molecule has 0 aliphatic carbocycles. The molecule has 0 aliphatic heterocycles. The Labute approximate surface area is 211 Å². The van der Waals surface area contributed by atoms with Gasteiger partial charge in [-0.05, 0) is 48.0 Å². The lowest BCUT2D eigenvalue weighted by Crippen LogP contribution is -2.22. The molecule has 9 heteroatoms. The van der Waals surface area contributed by atoms with E-state index in [1.807, 2.05) is 30.3 Å². The zero-order valence-corrected chi connectivity index (χ0v) is 20.4. The van der Waals surface area contributed by atoms with Gasteiger partial charge in [-0.3, -0.25) is 14.3 Å². The molecule has 0 bridgehead atoms. The van der Waals surface area contributed by atoms with Gasteiger partial charge in [-0.25, -0.2) is 9.37 Å². The molecule has 5 aromatic rings. The molecule has 2 aromatic heterocycles. The lowest BCUT2D eigenvalue weighted by molar-refractivity contribution is 0.358. The molecular weight excluding hydrogens is 475 g/mol. The van der Waals surface area contributed by atoms with Crippen molar-refractivity contribution in [3.05, 3.63) is 95.3 Å². The third kappa shape index (κ3) is 4.54. The number of ether oxygens (including phenoxy) is 3. The standard InChI is InChI=1S/C28H23FN4O4/c1-33-27(34)20(16-31-28(33)32-18-7-5-4-6-8-18)17-9-11-23(21(29)15-17)37-22-13-14-30-25-19(22)10-12-24(35-2)26(25)36-3/h4-16H,1-3H3,(H,31,32). The van der Waals surface area contributed by atoms with Crippen LogP contribution in [-0.4, -0.2) is 28.8 Å². The number of hydrogen-bond acceptors (Lipinski definition) is 7. The number of benzene rings is 3. The number of pyridine rings is 1. The summed E-state index contributed by atoms with van der Waals surface area (Å²) in [4.78, 5) is 21.8. The van der Waals surface area contributed by atoms with Crippen molar-refractivity contribution in [2.75, 3.05) is 19.5 Å². The molecule has 2 heterocycles. The normalized spacial score (nSPS) is 10.8. The smallest absolute Gasteiger partial charge is 0.262 e. The molecule has 0 amide bonds. The van der Waals surface area contributed by atoms with Gasteiger partial charge < -0.3 is 19.5 Å². The molecule has 0 aliphatic rings. The van der Waals surface area contributed by atoms with E-state index in [1.165, 1.54) is 37.1 Å². The highest BCUT2D eigenvalue weighted by Gasteiger charge is 2.16. The number of hydrogen-bond donors (Lipinski definition) is 1. The van der Waals surface area contributed by atoms with E-state index in [2.05, 4.69) is 15.3 Å². The van der Waals surface area contributed by atoms with Crippen LogP contribution in [0.4, 0.5) is 16.0 Å². The number of nitrogens with one attached hydrogen (secondary N) is 1. The van der Waals surface area contributed by atoms with E-state index in [0.29, 0.717) is 39.7 Å². The quantitative estimate of drug-likeness (QED) is 0.309. The second-order valence-corrected chi connectivity index (χ2v) is 8.10. The number of aromatic nitrogens is 3. The summed E-state index contributed by atoms with van der Waals surface area (Å²) < 4.78 is 33.2. The number of rotatable bonds is 7. The summed E-state index contributed by atoms with van der Waals surface area (Å²) >= 11 is 0. The van der Waals surface area contributed by atoms with Crippen molar-refractivity contribution < 1.29 is 18.6 Å². The summed E-state index contributed by atoms with van der Waals surface area (Å²) in [6.45, 7) is 0. The third-order valence-electron chi connectivity index (χ3n) is 5.88. The third-order valence-corrected chi connectivity index (χ3v) is 5.88. The predicted molar refractivity (Wildman–Crippen MR) is 140 cm³/mol. The predicted octanol–water partition coefficient (Wildman–Crippen LogP) is 5.69. The largest absolute Gasteiger partial charge is 0.493 e. The van der Waals surface area contributed by atoms with Crippen molar-refractivity contribution in [2.24, 2.45) is 7.05 Å². The first-order chi connectivity index (χ1) is 18.0. The zero-order chi connectivity index (χ0) is 25.9. The van der Waals surface area contributed by atoms with Gasteiger partial charge in [0.05, 0.1) is 19.8 Å². The Bertz CT molecular complexity index is 1650. The number of anilines is 2. The van der Waals surface area contributed by atoms with Crippen molar-refractivity contribution >= 4 is 22.5 Å². The monoisotopic (exact) mass is 498 g/mol. The number of halogens is 1. The van der Waals surface area contributed by atoms with Crippen molar-refractivity contribution in [3.8, 4) is 34.1 Å². The summed E-state index contributed by atoms with van der Waals surface area (Å²) in [7, 11) is 4.67. The maximum Gasteiger partial charge on any atom is 0.262 e. The highest BCUT2D eigenvalue weighted by molar-refractivity contribution is 5.92. The Morgan fingerprint density at radius 3 is 2.41 bits per heavy atom. The minimum atomic E-state index is -0.628. The highest BCUT2D eigenvalue weighted by atomic mass is 19.1. The minimum Gasteiger partial charge on any atom is -0.493 e. The number of methoxy groups -OCH3 is 2. The van der Waals surface area contributed by atoms with E-state index >= 15 is 4.39 Å². The maximum absolute atomic E-state index is 15.2. The van der Waals surface area contributed by atoms with Gasteiger partial charge in [0.1, 0.15) is 11.3 Å². The Morgan fingerprint density at radius 1 is 0.892 bits per heavy atom. The fourth-order valence-electron chi connectivity index (χ4n) is 3.97. The van der Waals surface area contributed by atoms with Crippen molar-refractivity contribution in [1.82, 2.24) is 14.5 Å². The van der Waals surface area contributed by atoms with E-state index in [4.69, 9.17) is 14.2 Å². The van der Waals surface area contributed by atoms with Crippen LogP contribution in [0, 0.1) is 5.82 Å². The van der Waals surface area contributed by atoms with Gasteiger partial charge in [0.15, 0.2) is 23.1 Å². The van der Waals surface area contributed by atoms with Gasteiger partial charge in [-0.1, -0.05) is 24.3 Å². The molecular formula is C28H23FN4O4. The van der Waals surface area contributed by atoms with Crippen LogP contribution in [-0.2, 0) is 7.05 Å².